The van der Waals surface area contributed by atoms with Crippen molar-refractivity contribution in [1.82, 2.24) is 5.32 Å². The Kier molecular flexibility index (Phi) is 6.72. The molecule has 1 aliphatic carbocycles. The van der Waals surface area contributed by atoms with Gasteiger partial charge in [-0.3, -0.25) is 0 Å². The fraction of sp³-hybridized carbons (Fsp3) is 0.684. The molecule has 0 aromatic heterocycles. The van der Waals surface area contributed by atoms with E-state index in [9.17, 15) is 0 Å². The summed E-state index contributed by atoms with van der Waals surface area (Å²) in [7, 11) is 0. The van der Waals surface area contributed by atoms with Crippen molar-refractivity contribution in [2.24, 2.45) is 11.8 Å². The highest BCUT2D eigenvalue weighted by atomic mass is 16.5. The Morgan fingerprint density at radius 3 is 2.38 bits per heavy atom. The van der Waals surface area contributed by atoms with E-state index < -0.39 is 0 Å². The molecule has 2 nitrogen and oxygen atoms in total. The van der Waals surface area contributed by atoms with E-state index in [1.807, 2.05) is 0 Å². The lowest BCUT2D eigenvalue weighted by Crippen LogP contribution is -2.31. The Balaban J connectivity index is 1.98. The standard InChI is InChI=1S/C19H31NO/c1-4-10-20-14-19(17-8-6-5-7-9-17)21-18-12-15(2)11-16(3)13-18/h5-9,15-16,18-20H,4,10-14H2,1-3H3. The fourth-order valence-electron chi connectivity index (χ4n) is 3.54. The predicted molar refractivity (Wildman–Crippen MR) is 89.4 cm³/mol. The maximum Gasteiger partial charge on any atom is 0.0952 e. The predicted octanol–water partition coefficient (Wildman–Crippen LogP) is 4.57. The first kappa shape index (κ1) is 16.5. The number of hydrogen-bond donors (Lipinski definition) is 1. The van der Waals surface area contributed by atoms with Crippen molar-refractivity contribution in [3.63, 3.8) is 0 Å². The minimum atomic E-state index is 0.181. The highest BCUT2D eigenvalue weighted by molar-refractivity contribution is 5.18. The topological polar surface area (TPSA) is 21.3 Å². The van der Waals surface area contributed by atoms with E-state index in [4.69, 9.17) is 4.74 Å². The molecule has 0 amide bonds. The minimum Gasteiger partial charge on any atom is -0.369 e. The Hall–Kier alpha value is -0.860. The molecular weight excluding hydrogens is 258 g/mol. The second kappa shape index (κ2) is 8.55. The van der Waals surface area contributed by atoms with Gasteiger partial charge < -0.3 is 10.1 Å². The Bertz CT molecular complexity index is 382. The van der Waals surface area contributed by atoms with Crippen LogP contribution in [0.25, 0.3) is 0 Å². The molecule has 0 spiro atoms. The second-order valence-corrected chi connectivity index (χ2v) is 6.78. The molecule has 3 unspecified atom stereocenters. The molecule has 118 valence electrons. The van der Waals surface area contributed by atoms with Crippen molar-refractivity contribution >= 4 is 0 Å². The second-order valence-electron chi connectivity index (χ2n) is 6.78. The van der Waals surface area contributed by atoms with Crippen molar-refractivity contribution < 1.29 is 4.74 Å². The molecule has 1 aromatic carbocycles. The zero-order valence-corrected chi connectivity index (χ0v) is 13.8. The van der Waals surface area contributed by atoms with Gasteiger partial charge in [0.1, 0.15) is 0 Å². The fourth-order valence-corrected chi connectivity index (χ4v) is 3.54. The minimum absolute atomic E-state index is 0.181. The number of nitrogens with one attached hydrogen (secondary N) is 1. The van der Waals surface area contributed by atoms with Gasteiger partial charge >= 0.3 is 0 Å². The van der Waals surface area contributed by atoms with E-state index >= 15 is 0 Å². The van der Waals surface area contributed by atoms with Gasteiger partial charge in [0, 0.05) is 6.54 Å². The van der Waals surface area contributed by atoms with Gasteiger partial charge in [-0.15, -0.1) is 0 Å². The summed E-state index contributed by atoms with van der Waals surface area (Å²) in [6, 6.07) is 10.7. The molecule has 3 atom stereocenters. The van der Waals surface area contributed by atoms with Crippen molar-refractivity contribution in [1.29, 1.82) is 0 Å². The summed E-state index contributed by atoms with van der Waals surface area (Å²) >= 11 is 0. The first-order valence-corrected chi connectivity index (χ1v) is 8.60. The molecule has 1 aliphatic rings. The van der Waals surface area contributed by atoms with Crippen LogP contribution in [0.2, 0.25) is 0 Å². The highest BCUT2D eigenvalue weighted by Gasteiger charge is 2.27. The van der Waals surface area contributed by atoms with Gasteiger partial charge in [0.2, 0.25) is 0 Å². The summed E-state index contributed by atoms with van der Waals surface area (Å²) in [6.45, 7) is 8.90. The van der Waals surface area contributed by atoms with E-state index in [0.29, 0.717) is 6.10 Å². The Morgan fingerprint density at radius 2 is 1.76 bits per heavy atom. The molecule has 1 fully saturated rings. The first-order valence-electron chi connectivity index (χ1n) is 8.60. The van der Waals surface area contributed by atoms with Gasteiger partial charge in [0.15, 0.2) is 0 Å². The molecule has 2 heteroatoms. The van der Waals surface area contributed by atoms with Crippen molar-refractivity contribution in [3.8, 4) is 0 Å². The normalized spacial score (nSPS) is 27.5. The van der Waals surface area contributed by atoms with Gasteiger partial charge in [-0.2, -0.15) is 0 Å². The molecule has 2 rings (SSSR count). The molecule has 1 aromatic rings. The lowest BCUT2D eigenvalue weighted by atomic mass is 9.81. The maximum absolute atomic E-state index is 6.50. The molecule has 0 bridgehead atoms. The molecule has 0 aliphatic heterocycles. The number of hydrogen-bond acceptors (Lipinski definition) is 2. The number of ether oxygens (including phenoxy) is 1. The van der Waals surface area contributed by atoms with Crippen LogP contribution >= 0.6 is 0 Å². The summed E-state index contributed by atoms with van der Waals surface area (Å²) in [6.07, 6.45) is 5.53. The van der Waals surface area contributed by atoms with Gasteiger partial charge in [0.25, 0.3) is 0 Å². The van der Waals surface area contributed by atoms with Crippen LogP contribution in [-0.4, -0.2) is 19.2 Å². The van der Waals surface area contributed by atoms with Crippen LogP contribution in [0, 0.1) is 11.8 Å². The zero-order chi connectivity index (χ0) is 15.1. The van der Waals surface area contributed by atoms with E-state index in [1.165, 1.54) is 31.2 Å². The largest absolute Gasteiger partial charge is 0.369 e. The van der Waals surface area contributed by atoms with Gasteiger partial charge in [-0.05, 0) is 49.6 Å². The third-order valence-electron chi connectivity index (χ3n) is 4.42. The maximum atomic E-state index is 6.50. The van der Waals surface area contributed by atoms with Crippen LogP contribution in [0.5, 0.6) is 0 Å². The zero-order valence-electron chi connectivity index (χ0n) is 13.8. The number of rotatable bonds is 7. The van der Waals surface area contributed by atoms with E-state index in [1.54, 1.807) is 0 Å². The van der Waals surface area contributed by atoms with E-state index in [-0.39, 0.29) is 6.10 Å². The quantitative estimate of drug-likeness (QED) is 0.742. The van der Waals surface area contributed by atoms with Gasteiger partial charge in [-0.1, -0.05) is 51.1 Å². The van der Waals surface area contributed by atoms with Crippen molar-refractivity contribution in [2.45, 2.75) is 58.7 Å². The summed E-state index contributed by atoms with van der Waals surface area (Å²) < 4.78 is 6.50. The number of benzene rings is 1. The summed E-state index contributed by atoms with van der Waals surface area (Å²) in [5, 5.41) is 3.52. The van der Waals surface area contributed by atoms with Crippen LogP contribution < -0.4 is 5.32 Å². The SMILES string of the molecule is CCCNCC(OC1CC(C)CC(C)C1)c1ccccc1. The molecule has 0 saturated heterocycles. The average Bonchev–Trinajstić information content (AvgIpc) is 2.46. The monoisotopic (exact) mass is 289 g/mol. The first-order chi connectivity index (χ1) is 10.2. The molecular formula is C19H31NO. The van der Waals surface area contributed by atoms with Crippen LogP contribution in [-0.2, 0) is 4.74 Å². The van der Waals surface area contributed by atoms with Crippen molar-refractivity contribution in [2.75, 3.05) is 13.1 Å². The van der Waals surface area contributed by atoms with E-state index in [0.717, 1.165) is 24.9 Å². The van der Waals surface area contributed by atoms with Gasteiger partial charge in [0.05, 0.1) is 12.2 Å². The van der Waals surface area contributed by atoms with Crippen LogP contribution in [0.15, 0.2) is 30.3 Å². The summed E-state index contributed by atoms with van der Waals surface area (Å²) in [5.41, 5.74) is 1.30. The Labute approximate surface area is 130 Å². The molecule has 0 radical (unpaired) electrons. The lowest BCUT2D eigenvalue weighted by Gasteiger charge is -2.34. The smallest absolute Gasteiger partial charge is 0.0952 e. The molecule has 1 N–H and O–H groups in total. The molecule has 21 heavy (non-hydrogen) atoms. The molecule has 0 heterocycles. The highest BCUT2D eigenvalue weighted by Crippen LogP contribution is 2.33. The molecule has 1 saturated carbocycles. The third kappa shape index (κ3) is 5.44. The van der Waals surface area contributed by atoms with Crippen LogP contribution in [0.3, 0.4) is 0 Å². The Morgan fingerprint density at radius 1 is 1.10 bits per heavy atom. The van der Waals surface area contributed by atoms with Crippen molar-refractivity contribution in [3.05, 3.63) is 35.9 Å². The summed E-state index contributed by atoms with van der Waals surface area (Å²) in [5.74, 6) is 1.58. The third-order valence-corrected chi connectivity index (χ3v) is 4.42. The summed E-state index contributed by atoms with van der Waals surface area (Å²) in [4.78, 5) is 0. The van der Waals surface area contributed by atoms with Gasteiger partial charge in [-0.25, -0.2) is 0 Å². The lowest BCUT2D eigenvalue weighted by molar-refractivity contribution is -0.0496. The average molecular weight is 289 g/mol. The van der Waals surface area contributed by atoms with Crippen LogP contribution in [0.4, 0.5) is 0 Å². The van der Waals surface area contributed by atoms with E-state index in [2.05, 4.69) is 56.4 Å². The van der Waals surface area contributed by atoms with Crippen LogP contribution in [0.1, 0.15) is 58.1 Å².